The van der Waals surface area contributed by atoms with Crippen molar-refractivity contribution in [3.05, 3.63) is 59.7 Å². The Morgan fingerprint density at radius 2 is 0.906 bits per heavy atom. The maximum atomic E-state index is 6.26. The van der Waals surface area contributed by atoms with Gasteiger partial charge in [0.2, 0.25) is 0 Å². The number of aryl methyl sites for hydroxylation is 2. The summed E-state index contributed by atoms with van der Waals surface area (Å²) in [5, 5.41) is 4.71. The fourth-order valence-electron chi connectivity index (χ4n) is 4.96. The molecule has 0 N–H and O–H groups in total. The third-order valence-corrected chi connectivity index (χ3v) is 6.83. The second-order valence-electron chi connectivity index (χ2n) is 9.33. The van der Waals surface area contributed by atoms with Crippen LogP contribution in [-0.2, 0) is 12.8 Å². The number of hydrogen-bond acceptors (Lipinski definition) is 2. The molecular weight excluding hydrogens is 392 g/mol. The van der Waals surface area contributed by atoms with E-state index in [1.165, 1.54) is 73.3 Å². The molecule has 0 radical (unpaired) electrons. The minimum Gasteiger partial charge on any atom is -0.456 e. The minimum absolute atomic E-state index is 0.951. The van der Waals surface area contributed by atoms with Crippen molar-refractivity contribution in [2.24, 2.45) is 0 Å². The van der Waals surface area contributed by atoms with Crippen LogP contribution < -0.4 is 0 Å². The molecule has 2 heterocycles. The van der Waals surface area contributed by atoms with Crippen molar-refractivity contribution >= 4 is 43.9 Å². The second-order valence-corrected chi connectivity index (χ2v) is 9.33. The third-order valence-electron chi connectivity index (χ3n) is 6.83. The van der Waals surface area contributed by atoms with Crippen LogP contribution in [0.5, 0.6) is 0 Å². The Balaban J connectivity index is 1.49. The Kier molecular flexibility index (Phi) is 6.21. The summed E-state index contributed by atoms with van der Waals surface area (Å²) < 4.78 is 12.5. The zero-order valence-corrected chi connectivity index (χ0v) is 19.5. The molecule has 0 amide bonds. The van der Waals surface area contributed by atoms with Crippen LogP contribution >= 0.6 is 0 Å². The van der Waals surface area contributed by atoms with Crippen molar-refractivity contribution in [2.45, 2.75) is 78.1 Å². The molecule has 5 rings (SSSR count). The van der Waals surface area contributed by atoms with Crippen LogP contribution in [0, 0.1) is 0 Å². The van der Waals surface area contributed by atoms with E-state index in [9.17, 15) is 0 Å². The van der Waals surface area contributed by atoms with E-state index < -0.39 is 0 Å². The van der Waals surface area contributed by atoms with Crippen molar-refractivity contribution in [3.8, 4) is 0 Å². The Morgan fingerprint density at radius 3 is 1.34 bits per heavy atom. The number of hydrogen-bond donors (Lipinski definition) is 0. The SMILES string of the molecule is CCCCCCc1ccc2oc3cc4c(cc3c2c1)oc1ccc(CCCCCC)cc14. The first-order valence-corrected chi connectivity index (χ1v) is 12.6. The molecule has 0 saturated carbocycles. The summed E-state index contributed by atoms with van der Waals surface area (Å²) in [6.07, 6.45) is 12.6. The van der Waals surface area contributed by atoms with E-state index in [0.29, 0.717) is 0 Å². The average molecular weight is 427 g/mol. The highest BCUT2D eigenvalue weighted by Gasteiger charge is 2.14. The van der Waals surface area contributed by atoms with Gasteiger partial charge in [-0.3, -0.25) is 0 Å². The summed E-state index contributed by atoms with van der Waals surface area (Å²) in [6.45, 7) is 4.52. The van der Waals surface area contributed by atoms with Crippen LogP contribution in [0.25, 0.3) is 43.9 Å². The fraction of sp³-hybridized carbons (Fsp3) is 0.400. The van der Waals surface area contributed by atoms with Gasteiger partial charge in [-0.15, -0.1) is 0 Å². The molecule has 3 aromatic carbocycles. The summed E-state index contributed by atoms with van der Waals surface area (Å²) in [4.78, 5) is 0. The van der Waals surface area contributed by atoms with Crippen LogP contribution in [0.1, 0.15) is 76.3 Å². The predicted molar refractivity (Wildman–Crippen MR) is 137 cm³/mol. The molecule has 0 fully saturated rings. The molecule has 0 spiro atoms. The number of rotatable bonds is 10. The first kappa shape index (κ1) is 21.1. The monoisotopic (exact) mass is 426 g/mol. The Morgan fingerprint density at radius 1 is 0.469 bits per heavy atom. The highest BCUT2D eigenvalue weighted by molar-refractivity contribution is 6.14. The lowest BCUT2D eigenvalue weighted by atomic mass is 10.0. The molecule has 2 heteroatoms. The van der Waals surface area contributed by atoms with Crippen molar-refractivity contribution < 1.29 is 8.83 Å². The quantitative estimate of drug-likeness (QED) is 0.208. The van der Waals surface area contributed by atoms with E-state index in [4.69, 9.17) is 8.83 Å². The van der Waals surface area contributed by atoms with Gasteiger partial charge >= 0.3 is 0 Å². The van der Waals surface area contributed by atoms with E-state index in [0.717, 1.165) is 45.9 Å². The van der Waals surface area contributed by atoms with E-state index in [-0.39, 0.29) is 0 Å². The molecule has 32 heavy (non-hydrogen) atoms. The van der Waals surface area contributed by atoms with Gasteiger partial charge in [0.25, 0.3) is 0 Å². The van der Waals surface area contributed by atoms with E-state index in [1.54, 1.807) is 0 Å². The van der Waals surface area contributed by atoms with Gasteiger partial charge in [-0.05, 0) is 73.2 Å². The Bertz CT molecular complexity index is 1250. The molecule has 0 unspecified atom stereocenters. The lowest BCUT2D eigenvalue weighted by Crippen LogP contribution is -1.85. The summed E-state index contributed by atoms with van der Waals surface area (Å²) >= 11 is 0. The van der Waals surface area contributed by atoms with Crippen molar-refractivity contribution in [1.82, 2.24) is 0 Å². The van der Waals surface area contributed by atoms with Gasteiger partial charge in [-0.25, -0.2) is 0 Å². The molecule has 0 atom stereocenters. The van der Waals surface area contributed by atoms with Gasteiger partial charge < -0.3 is 8.83 Å². The molecule has 166 valence electrons. The van der Waals surface area contributed by atoms with E-state index in [2.05, 4.69) is 62.4 Å². The standard InChI is InChI=1S/C30H34O2/c1-3-5-7-9-11-21-13-15-27-23(17-21)25-19-30-26(20-29(25)31-27)24-18-22(12-10-8-6-4-2)14-16-28(24)32-30/h13-20H,3-12H2,1-2H3. The Hall–Kier alpha value is -2.74. The van der Waals surface area contributed by atoms with Crippen molar-refractivity contribution in [2.75, 3.05) is 0 Å². The molecule has 5 aromatic rings. The molecule has 0 aliphatic heterocycles. The zero-order valence-electron chi connectivity index (χ0n) is 19.5. The van der Waals surface area contributed by atoms with Crippen molar-refractivity contribution in [1.29, 1.82) is 0 Å². The van der Waals surface area contributed by atoms with Gasteiger partial charge in [0.15, 0.2) is 0 Å². The van der Waals surface area contributed by atoms with Crippen LogP contribution in [-0.4, -0.2) is 0 Å². The molecule has 2 nitrogen and oxygen atoms in total. The fourth-order valence-corrected chi connectivity index (χ4v) is 4.96. The van der Waals surface area contributed by atoms with E-state index in [1.807, 2.05) is 0 Å². The minimum atomic E-state index is 0.951. The largest absolute Gasteiger partial charge is 0.456 e. The zero-order chi connectivity index (χ0) is 21.9. The molecular formula is C30H34O2. The number of unbranched alkanes of at least 4 members (excludes halogenated alkanes) is 6. The van der Waals surface area contributed by atoms with Gasteiger partial charge in [-0.2, -0.15) is 0 Å². The smallest absolute Gasteiger partial charge is 0.136 e. The van der Waals surface area contributed by atoms with Crippen LogP contribution in [0.15, 0.2) is 57.4 Å². The first-order valence-electron chi connectivity index (χ1n) is 12.6. The van der Waals surface area contributed by atoms with Gasteiger partial charge in [0.05, 0.1) is 0 Å². The maximum absolute atomic E-state index is 6.26. The maximum Gasteiger partial charge on any atom is 0.136 e. The van der Waals surface area contributed by atoms with Crippen LogP contribution in [0.2, 0.25) is 0 Å². The molecule has 0 saturated heterocycles. The van der Waals surface area contributed by atoms with Gasteiger partial charge in [0.1, 0.15) is 22.3 Å². The van der Waals surface area contributed by atoms with Crippen LogP contribution in [0.3, 0.4) is 0 Å². The highest BCUT2D eigenvalue weighted by atomic mass is 16.3. The average Bonchev–Trinajstić information content (AvgIpc) is 3.35. The number of furan rings is 2. The highest BCUT2D eigenvalue weighted by Crippen LogP contribution is 2.37. The van der Waals surface area contributed by atoms with Gasteiger partial charge in [-0.1, -0.05) is 64.5 Å². The van der Waals surface area contributed by atoms with E-state index >= 15 is 0 Å². The Labute approximate surface area is 190 Å². The summed E-state index contributed by atoms with van der Waals surface area (Å²) in [5.74, 6) is 0. The molecule has 2 aromatic heterocycles. The number of benzene rings is 3. The summed E-state index contributed by atoms with van der Waals surface area (Å²) in [7, 11) is 0. The topological polar surface area (TPSA) is 26.3 Å². The molecule has 0 aliphatic rings. The lowest BCUT2D eigenvalue weighted by molar-refractivity contribution is 0.661. The molecule has 0 bridgehead atoms. The van der Waals surface area contributed by atoms with Gasteiger partial charge in [0, 0.05) is 21.5 Å². The van der Waals surface area contributed by atoms with Crippen molar-refractivity contribution in [3.63, 3.8) is 0 Å². The first-order chi connectivity index (χ1) is 15.8. The normalized spacial score (nSPS) is 12.1. The lowest BCUT2D eigenvalue weighted by Gasteiger charge is -2.01. The summed E-state index contributed by atoms with van der Waals surface area (Å²) in [6, 6.07) is 17.7. The second kappa shape index (κ2) is 9.40. The number of fused-ring (bicyclic) bond motifs is 6. The van der Waals surface area contributed by atoms with Crippen LogP contribution in [0.4, 0.5) is 0 Å². The summed E-state index contributed by atoms with van der Waals surface area (Å²) in [5.41, 5.74) is 6.62. The molecule has 0 aliphatic carbocycles. The third kappa shape index (κ3) is 4.16. The predicted octanol–water partition coefficient (Wildman–Crippen LogP) is 9.73.